The maximum absolute atomic E-state index is 8.37. The van der Waals surface area contributed by atoms with Crippen molar-refractivity contribution >= 4 is 5.84 Å². The fourth-order valence-corrected chi connectivity index (χ4v) is 1.69. The highest BCUT2D eigenvalue weighted by atomic mass is 16.5. The van der Waals surface area contributed by atoms with Crippen molar-refractivity contribution in [3.05, 3.63) is 0 Å². The minimum atomic E-state index is -0.0684. The summed E-state index contributed by atoms with van der Waals surface area (Å²) in [6, 6.07) is 0.388. The van der Waals surface area contributed by atoms with Gasteiger partial charge in [0.15, 0.2) is 5.84 Å². The zero-order valence-electron chi connectivity index (χ0n) is 8.79. The first-order valence-electron chi connectivity index (χ1n) is 4.87. The molecule has 0 bridgehead atoms. The van der Waals surface area contributed by atoms with Crippen LogP contribution in [0, 0.1) is 0 Å². The number of nitrogens with one attached hydrogen (secondary N) is 1. The summed E-state index contributed by atoms with van der Waals surface area (Å²) in [6.45, 7) is 5.34. The number of oxime groups is 1. The van der Waals surface area contributed by atoms with Crippen LogP contribution < -0.4 is 11.1 Å². The summed E-state index contributed by atoms with van der Waals surface area (Å²) in [6.07, 6.45) is 1.92. The lowest BCUT2D eigenvalue weighted by molar-refractivity contribution is -0.0622. The summed E-state index contributed by atoms with van der Waals surface area (Å²) in [4.78, 5) is 0. The first-order chi connectivity index (χ1) is 6.53. The van der Waals surface area contributed by atoms with Gasteiger partial charge in [-0.1, -0.05) is 5.16 Å². The van der Waals surface area contributed by atoms with Crippen LogP contribution in [0.4, 0.5) is 0 Å². The third-order valence-electron chi connectivity index (χ3n) is 2.40. The molecule has 1 rings (SSSR count). The van der Waals surface area contributed by atoms with E-state index in [1.165, 1.54) is 0 Å². The molecule has 14 heavy (non-hydrogen) atoms. The fraction of sp³-hybridized carbons (Fsp3) is 0.889. The summed E-state index contributed by atoms with van der Waals surface area (Å²) in [5, 5.41) is 14.5. The molecule has 0 aromatic heterocycles. The number of hydrogen-bond donors (Lipinski definition) is 3. The van der Waals surface area contributed by atoms with Gasteiger partial charge in [-0.3, -0.25) is 0 Å². The zero-order valence-corrected chi connectivity index (χ0v) is 8.79. The van der Waals surface area contributed by atoms with Crippen LogP contribution in [0.2, 0.25) is 0 Å². The van der Waals surface area contributed by atoms with E-state index in [4.69, 9.17) is 15.7 Å². The molecule has 0 amide bonds. The Kier molecular flexibility index (Phi) is 3.71. The molecule has 1 aliphatic rings. The quantitative estimate of drug-likeness (QED) is 0.265. The zero-order chi connectivity index (χ0) is 10.6. The molecular weight excluding hydrogens is 182 g/mol. The Labute approximate surface area is 84.3 Å². The van der Waals surface area contributed by atoms with Gasteiger partial charge in [0.25, 0.3) is 0 Å². The highest BCUT2D eigenvalue weighted by Crippen LogP contribution is 2.23. The monoisotopic (exact) mass is 201 g/mol. The van der Waals surface area contributed by atoms with Gasteiger partial charge in [0, 0.05) is 12.6 Å². The van der Waals surface area contributed by atoms with Crippen molar-refractivity contribution < 1.29 is 9.94 Å². The number of rotatable bonds is 3. The van der Waals surface area contributed by atoms with E-state index in [9.17, 15) is 0 Å². The highest BCUT2D eigenvalue weighted by molar-refractivity contribution is 5.81. The van der Waals surface area contributed by atoms with Crippen molar-refractivity contribution in [2.75, 3.05) is 13.2 Å². The van der Waals surface area contributed by atoms with Gasteiger partial charge >= 0.3 is 0 Å². The molecular formula is C9H19N3O2. The van der Waals surface area contributed by atoms with E-state index in [-0.39, 0.29) is 11.4 Å². The lowest BCUT2D eigenvalue weighted by Crippen LogP contribution is -2.46. The van der Waals surface area contributed by atoms with E-state index in [1.807, 2.05) is 0 Å². The van der Waals surface area contributed by atoms with Crippen molar-refractivity contribution in [2.45, 2.75) is 38.3 Å². The van der Waals surface area contributed by atoms with Crippen molar-refractivity contribution in [1.29, 1.82) is 0 Å². The molecule has 5 nitrogen and oxygen atoms in total. The van der Waals surface area contributed by atoms with E-state index in [1.54, 1.807) is 0 Å². The van der Waals surface area contributed by atoms with E-state index in [0.29, 0.717) is 12.6 Å². The van der Waals surface area contributed by atoms with Gasteiger partial charge in [-0.2, -0.15) is 0 Å². The van der Waals surface area contributed by atoms with Gasteiger partial charge in [-0.25, -0.2) is 0 Å². The summed E-state index contributed by atoms with van der Waals surface area (Å²) >= 11 is 0. The summed E-state index contributed by atoms with van der Waals surface area (Å²) in [5.41, 5.74) is 5.30. The molecule has 0 spiro atoms. The van der Waals surface area contributed by atoms with E-state index in [0.717, 1.165) is 19.4 Å². The topological polar surface area (TPSA) is 79.9 Å². The van der Waals surface area contributed by atoms with E-state index in [2.05, 4.69) is 24.3 Å². The van der Waals surface area contributed by atoms with Crippen LogP contribution in [0.25, 0.3) is 0 Å². The molecule has 5 heteroatoms. The second kappa shape index (κ2) is 4.61. The standard InChI is InChI=1S/C9H19N3O2/c1-9(2)5-7(3-4-14-9)11-6-8(10)12-13/h7,11,13H,3-6H2,1-2H3,(H2,10,12). The average Bonchev–Trinajstić information content (AvgIpc) is 2.12. The number of hydrogen-bond acceptors (Lipinski definition) is 4. The smallest absolute Gasteiger partial charge is 0.153 e. The van der Waals surface area contributed by atoms with Crippen LogP contribution in [-0.4, -0.2) is 35.8 Å². The minimum absolute atomic E-state index is 0.0684. The lowest BCUT2D eigenvalue weighted by atomic mass is 9.94. The Morgan fingerprint density at radius 3 is 3.00 bits per heavy atom. The molecule has 0 aromatic rings. The lowest BCUT2D eigenvalue weighted by Gasteiger charge is -2.35. The molecule has 4 N–H and O–H groups in total. The second-order valence-corrected chi connectivity index (χ2v) is 4.27. The number of nitrogens with two attached hydrogens (primary N) is 1. The second-order valence-electron chi connectivity index (χ2n) is 4.27. The van der Waals surface area contributed by atoms with Crippen LogP contribution in [0.5, 0.6) is 0 Å². The molecule has 0 radical (unpaired) electrons. The predicted octanol–water partition coefficient (Wildman–Crippen LogP) is 0.280. The van der Waals surface area contributed by atoms with Gasteiger partial charge in [0.05, 0.1) is 12.1 Å². The fourth-order valence-electron chi connectivity index (χ4n) is 1.69. The summed E-state index contributed by atoms with van der Waals surface area (Å²) in [5.74, 6) is 0.217. The Morgan fingerprint density at radius 2 is 2.43 bits per heavy atom. The van der Waals surface area contributed by atoms with E-state index >= 15 is 0 Å². The van der Waals surface area contributed by atoms with Crippen LogP contribution >= 0.6 is 0 Å². The Balaban J connectivity index is 2.31. The van der Waals surface area contributed by atoms with Gasteiger partial charge in [-0.15, -0.1) is 0 Å². The van der Waals surface area contributed by atoms with Crippen LogP contribution in [0.15, 0.2) is 5.16 Å². The van der Waals surface area contributed by atoms with Crippen LogP contribution in [0.1, 0.15) is 26.7 Å². The number of nitrogens with zero attached hydrogens (tertiary/aromatic N) is 1. The molecule has 0 aliphatic carbocycles. The molecule has 1 fully saturated rings. The van der Waals surface area contributed by atoms with Crippen LogP contribution in [-0.2, 0) is 4.74 Å². The van der Waals surface area contributed by atoms with Crippen LogP contribution in [0.3, 0.4) is 0 Å². The van der Waals surface area contributed by atoms with Crippen molar-refractivity contribution in [3.8, 4) is 0 Å². The molecule has 1 saturated heterocycles. The maximum Gasteiger partial charge on any atom is 0.153 e. The highest BCUT2D eigenvalue weighted by Gasteiger charge is 2.28. The SMILES string of the molecule is CC1(C)CC(NCC(N)=NO)CCO1. The molecule has 0 aromatic carbocycles. The van der Waals surface area contributed by atoms with E-state index < -0.39 is 0 Å². The van der Waals surface area contributed by atoms with Gasteiger partial charge in [0.1, 0.15) is 0 Å². The van der Waals surface area contributed by atoms with Gasteiger partial charge in [0.2, 0.25) is 0 Å². The summed E-state index contributed by atoms with van der Waals surface area (Å²) in [7, 11) is 0. The molecule has 1 unspecified atom stereocenters. The molecule has 0 saturated carbocycles. The van der Waals surface area contributed by atoms with Gasteiger partial charge < -0.3 is 21.0 Å². The van der Waals surface area contributed by atoms with Gasteiger partial charge in [-0.05, 0) is 26.7 Å². The number of amidine groups is 1. The number of ether oxygens (including phenoxy) is 1. The Bertz CT molecular complexity index is 216. The minimum Gasteiger partial charge on any atom is -0.409 e. The first kappa shape index (κ1) is 11.3. The molecule has 82 valence electrons. The first-order valence-corrected chi connectivity index (χ1v) is 4.87. The third-order valence-corrected chi connectivity index (χ3v) is 2.40. The predicted molar refractivity (Wildman–Crippen MR) is 54.5 cm³/mol. The molecule has 1 heterocycles. The largest absolute Gasteiger partial charge is 0.409 e. The third kappa shape index (κ3) is 3.51. The van der Waals surface area contributed by atoms with Crippen molar-refractivity contribution in [3.63, 3.8) is 0 Å². The normalized spacial score (nSPS) is 27.6. The summed E-state index contributed by atoms with van der Waals surface area (Å²) < 4.78 is 5.58. The Morgan fingerprint density at radius 1 is 1.71 bits per heavy atom. The molecule has 1 atom stereocenters. The van der Waals surface area contributed by atoms with Crippen molar-refractivity contribution in [1.82, 2.24) is 5.32 Å². The average molecular weight is 201 g/mol. The maximum atomic E-state index is 8.37. The van der Waals surface area contributed by atoms with Crippen molar-refractivity contribution in [2.24, 2.45) is 10.9 Å². The Hall–Kier alpha value is -0.810. The molecule has 1 aliphatic heterocycles.